The number of benzene rings is 1. The Kier molecular flexibility index (Phi) is 4.17. The molecule has 0 aliphatic heterocycles. The third-order valence-electron chi connectivity index (χ3n) is 3.11. The molecule has 0 amide bonds. The van der Waals surface area contributed by atoms with Crippen LogP contribution in [0.3, 0.4) is 0 Å². The van der Waals surface area contributed by atoms with Crippen LogP contribution in [0.15, 0.2) is 27.5 Å². The van der Waals surface area contributed by atoms with Crippen LogP contribution in [0.25, 0.3) is 0 Å². The molecule has 21 heavy (non-hydrogen) atoms. The second-order valence-corrected chi connectivity index (χ2v) is 6.19. The van der Waals surface area contributed by atoms with Crippen molar-refractivity contribution in [2.24, 2.45) is 0 Å². The predicted octanol–water partition coefficient (Wildman–Crippen LogP) is 3.68. The zero-order chi connectivity index (χ0) is 14.8. The van der Waals surface area contributed by atoms with E-state index in [1.807, 2.05) is 6.07 Å². The topological polar surface area (TPSA) is 65.2 Å². The first-order chi connectivity index (χ1) is 10.2. The van der Waals surface area contributed by atoms with E-state index in [9.17, 15) is 4.79 Å². The average molecular weight is 325 g/mol. The van der Waals surface area contributed by atoms with Crippen molar-refractivity contribution in [3.05, 3.63) is 40.6 Å². The Labute approximate surface area is 131 Å². The summed E-state index contributed by atoms with van der Waals surface area (Å²) in [4.78, 5) is 12.5. The molecule has 1 fully saturated rings. The molecule has 0 bridgehead atoms. The highest BCUT2D eigenvalue weighted by molar-refractivity contribution is 7.98. The number of hydrogen-bond acceptors (Lipinski definition) is 6. The van der Waals surface area contributed by atoms with E-state index in [1.165, 1.54) is 18.9 Å². The van der Waals surface area contributed by atoms with Crippen molar-refractivity contribution in [2.75, 3.05) is 7.11 Å². The summed E-state index contributed by atoms with van der Waals surface area (Å²) < 4.78 is 10.3. The Hall–Kier alpha value is -1.53. The molecule has 0 unspecified atom stereocenters. The van der Waals surface area contributed by atoms with Gasteiger partial charge in [0, 0.05) is 10.8 Å². The first-order valence-corrected chi connectivity index (χ1v) is 7.86. The van der Waals surface area contributed by atoms with Crippen LogP contribution in [-0.4, -0.2) is 23.3 Å². The SMILES string of the molecule is COC(=O)c1cc(SCc2nnc(C3CC3)o2)ccc1Cl. The number of carbonyl (C=O) groups is 1. The van der Waals surface area contributed by atoms with Gasteiger partial charge in [-0.15, -0.1) is 22.0 Å². The van der Waals surface area contributed by atoms with Gasteiger partial charge in [-0.1, -0.05) is 11.6 Å². The molecule has 1 aliphatic rings. The molecule has 110 valence electrons. The van der Waals surface area contributed by atoms with Crippen LogP contribution in [0.2, 0.25) is 5.02 Å². The van der Waals surface area contributed by atoms with Crippen molar-refractivity contribution < 1.29 is 13.9 Å². The van der Waals surface area contributed by atoms with Crippen LogP contribution in [0.4, 0.5) is 0 Å². The van der Waals surface area contributed by atoms with E-state index in [0.717, 1.165) is 23.6 Å². The first-order valence-electron chi connectivity index (χ1n) is 6.50. The quantitative estimate of drug-likeness (QED) is 0.617. The van der Waals surface area contributed by atoms with Gasteiger partial charge >= 0.3 is 5.97 Å². The fraction of sp³-hybridized carbons (Fsp3) is 0.357. The molecule has 0 N–H and O–H groups in total. The Bertz CT molecular complexity index is 670. The lowest BCUT2D eigenvalue weighted by molar-refractivity contribution is 0.0600. The largest absolute Gasteiger partial charge is 0.465 e. The summed E-state index contributed by atoms with van der Waals surface area (Å²) in [6, 6.07) is 5.23. The lowest BCUT2D eigenvalue weighted by atomic mass is 10.2. The van der Waals surface area contributed by atoms with Crippen molar-refractivity contribution in [1.82, 2.24) is 10.2 Å². The second kappa shape index (κ2) is 6.07. The monoisotopic (exact) mass is 324 g/mol. The summed E-state index contributed by atoms with van der Waals surface area (Å²) in [5, 5.41) is 8.44. The molecule has 0 saturated heterocycles. The minimum Gasteiger partial charge on any atom is -0.465 e. The lowest BCUT2D eigenvalue weighted by Crippen LogP contribution is -2.02. The highest BCUT2D eigenvalue weighted by Crippen LogP contribution is 2.39. The Morgan fingerprint density at radius 2 is 2.29 bits per heavy atom. The van der Waals surface area contributed by atoms with E-state index >= 15 is 0 Å². The van der Waals surface area contributed by atoms with E-state index < -0.39 is 5.97 Å². The highest BCUT2D eigenvalue weighted by Gasteiger charge is 2.29. The predicted molar refractivity (Wildman–Crippen MR) is 78.6 cm³/mol. The molecule has 1 aliphatic carbocycles. The Morgan fingerprint density at radius 1 is 1.48 bits per heavy atom. The Morgan fingerprint density at radius 3 is 3.00 bits per heavy atom. The van der Waals surface area contributed by atoms with Crippen molar-refractivity contribution in [3.63, 3.8) is 0 Å². The molecule has 5 nitrogen and oxygen atoms in total. The van der Waals surface area contributed by atoms with Crippen LogP contribution in [0.1, 0.15) is 40.9 Å². The molecular formula is C14H13ClN2O3S. The third kappa shape index (κ3) is 3.39. The van der Waals surface area contributed by atoms with Gasteiger partial charge in [-0.2, -0.15) is 0 Å². The normalized spacial score (nSPS) is 14.2. The zero-order valence-corrected chi connectivity index (χ0v) is 12.9. The van der Waals surface area contributed by atoms with E-state index in [2.05, 4.69) is 10.2 Å². The molecule has 2 aromatic rings. The molecule has 7 heteroatoms. The molecule has 1 heterocycles. The molecule has 1 aromatic carbocycles. The summed E-state index contributed by atoms with van der Waals surface area (Å²) >= 11 is 7.49. The molecule has 0 radical (unpaired) electrons. The molecule has 0 atom stereocenters. The number of esters is 1. The van der Waals surface area contributed by atoms with Crippen LogP contribution in [-0.2, 0) is 10.5 Å². The number of rotatable bonds is 5. The van der Waals surface area contributed by atoms with E-state index in [0.29, 0.717) is 28.1 Å². The molecule has 1 saturated carbocycles. The summed E-state index contributed by atoms with van der Waals surface area (Å²) in [6.07, 6.45) is 2.27. The van der Waals surface area contributed by atoms with Gasteiger partial charge in [-0.05, 0) is 31.0 Å². The maximum Gasteiger partial charge on any atom is 0.339 e. The summed E-state index contributed by atoms with van der Waals surface area (Å²) in [5.74, 6) is 1.89. The number of halogens is 1. The van der Waals surface area contributed by atoms with Gasteiger partial charge in [0.25, 0.3) is 0 Å². The Balaban J connectivity index is 1.67. The highest BCUT2D eigenvalue weighted by atomic mass is 35.5. The first kappa shape index (κ1) is 14.4. The third-order valence-corrected chi connectivity index (χ3v) is 4.42. The fourth-order valence-corrected chi connectivity index (χ4v) is 2.79. The van der Waals surface area contributed by atoms with E-state index in [4.69, 9.17) is 20.8 Å². The minimum absolute atomic E-state index is 0.355. The van der Waals surface area contributed by atoms with Crippen molar-refractivity contribution in [1.29, 1.82) is 0 Å². The van der Waals surface area contributed by atoms with Gasteiger partial charge in [0.05, 0.1) is 23.4 Å². The standard InChI is InChI=1S/C14H13ClN2O3S/c1-19-14(18)10-6-9(4-5-11(10)15)21-7-12-16-17-13(20-12)8-2-3-8/h4-6,8H,2-3,7H2,1H3. The van der Waals surface area contributed by atoms with E-state index in [-0.39, 0.29) is 0 Å². The van der Waals surface area contributed by atoms with E-state index in [1.54, 1.807) is 12.1 Å². The van der Waals surface area contributed by atoms with Crippen molar-refractivity contribution in [2.45, 2.75) is 29.4 Å². The van der Waals surface area contributed by atoms with Gasteiger partial charge in [0.1, 0.15) is 0 Å². The average Bonchev–Trinajstić information content (AvgIpc) is 3.24. The number of methoxy groups -OCH3 is 1. The van der Waals surface area contributed by atoms with Crippen LogP contribution in [0, 0.1) is 0 Å². The lowest BCUT2D eigenvalue weighted by Gasteiger charge is -2.05. The number of carbonyl (C=O) groups excluding carboxylic acids is 1. The van der Waals surface area contributed by atoms with Crippen molar-refractivity contribution >= 4 is 29.3 Å². The van der Waals surface area contributed by atoms with Gasteiger partial charge < -0.3 is 9.15 Å². The van der Waals surface area contributed by atoms with Gasteiger partial charge in [-0.25, -0.2) is 4.79 Å². The van der Waals surface area contributed by atoms with Crippen LogP contribution in [0.5, 0.6) is 0 Å². The molecular weight excluding hydrogens is 312 g/mol. The van der Waals surface area contributed by atoms with Crippen LogP contribution >= 0.6 is 23.4 Å². The number of hydrogen-bond donors (Lipinski definition) is 0. The van der Waals surface area contributed by atoms with Crippen LogP contribution < -0.4 is 0 Å². The number of ether oxygens (including phenoxy) is 1. The summed E-state index contributed by atoms with van der Waals surface area (Å²) in [6.45, 7) is 0. The summed E-state index contributed by atoms with van der Waals surface area (Å²) in [5.41, 5.74) is 0.355. The van der Waals surface area contributed by atoms with Crippen molar-refractivity contribution in [3.8, 4) is 0 Å². The maximum atomic E-state index is 11.6. The zero-order valence-electron chi connectivity index (χ0n) is 11.3. The number of nitrogens with zero attached hydrogens (tertiary/aromatic N) is 2. The van der Waals surface area contributed by atoms with Gasteiger partial charge in [-0.3, -0.25) is 0 Å². The molecule has 3 rings (SSSR count). The van der Waals surface area contributed by atoms with Gasteiger partial charge in [0.2, 0.25) is 11.8 Å². The minimum atomic E-state index is -0.448. The number of aromatic nitrogens is 2. The number of thioether (sulfide) groups is 1. The maximum absolute atomic E-state index is 11.6. The molecule has 0 spiro atoms. The summed E-state index contributed by atoms with van der Waals surface area (Å²) in [7, 11) is 1.33. The molecule has 1 aromatic heterocycles. The smallest absolute Gasteiger partial charge is 0.339 e. The second-order valence-electron chi connectivity index (χ2n) is 4.73. The fourth-order valence-electron chi connectivity index (χ4n) is 1.83. The van der Waals surface area contributed by atoms with Gasteiger partial charge in [0.15, 0.2) is 0 Å².